The largest absolute Gasteiger partial charge is 0.489 e. The van der Waals surface area contributed by atoms with Gasteiger partial charge in [-0.2, -0.15) is 4.98 Å². The van der Waals surface area contributed by atoms with E-state index in [0.717, 1.165) is 17.7 Å². The van der Waals surface area contributed by atoms with Crippen molar-refractivity contribution in [2.75, 3.05) is 12.5 Å². The number of anilines is 1. The maximum Gasteiger partial charge on any atom is 0.268 e. The van der Waals surface area contributed by atoms with Gasteiger partial charge in [0.15, 0.2) is 5.82 Å². The van der Waals surface area contributed by atoms with Crippen LogP contribution in [0.4, 0.5) is 5.82 Å². The molecule has 0 aliphatic carbocycles. The van der Waals surface area contributed by atoms with E-state index in [1.165, 1.54) is 13.4 Å². The molecule has 0 spiro atoms. The maximum atomic E-state index is 5.93. The van der Waals surface area contributed by atoms with Crippen molar-refractivity contribution in [2.45, 2.75) is 26.2 Å². The van der Waals surface area contributed by atoms with Crippen LogP contribution in [0.25, 0.3) is 0 Å². The van der Waals surface area contributed by atoms with Gasteiger partial charge in [0.2, 0.25) is 5.75 Å². The highest BCUT2D eigenvalue weighted by Crippen LogP contribution is 2.37. The van der Waals surface area contributed by atoms with Gasteiger partial charge in [0, 0.05) is 0 Å². The third-order valence-electron chi connectivity index (χ3n) is 3.38. The average molecular weight is 288 g/mol. The molecule has 0 aliphatic heterocycles. The van der Waals surface area contributed by atoms with Crippen molar-refractivity contribution in [1.82, 2.24) is 9.97 Å². The van der Waals surface area contributed by atoms with Gasteiger partial charge in [-0.15, -0.1) is 0 Å². The van der Waals surface area contributed by atoms with Gasteiger partial charge >= 0.3 is 0 Å². The van der Waals surface area contributed by atoms with Crippen LogP contribution in [0, 0.1) is 0 Å². The van der Waals surface area contributed by atoms with Crippen molar-refractivity contribution in [3.63, 3.8) is 0 Å². The number of hydrazine groups is 1. The molecule has 0 fully saturated rings. The van der Waals surface area contributed by atoms with Gasteiger partial charge < -0.3 is 14.9 Å². The normalized spacial score (nSPS) is 11.8. The number of hydrogen-bond donors (Lipinski definition) is 2. The Kier molecular flexibility index (Phi) is 4.94. The lowest BCUT2D eigenvalue weighted by atomic mass is 9.98. The number of methoxy groups -OCH3 is 1. The summed E-state index contributed by atoms with van der Waals surface area (Å²) in [6.45, 7) is 4.30. The topological polar surface area (TPSA) is 82.3 Å². The van der Waals surface area contributed by atoms with Crippen LogP contribution in [0.5, 0.6) is 17.4 Å². The van der Waals surface area contributed by atoms with Crippen LogP contribution in [-0.2, 0) is 0 Å². The molecule has 0 aliphatic rings. The molecule has 1 aromatic heterocycles. The Balaban J connectivity index is 2.39. The van der Waals surface area contributed by atoms with E-state index in [-0.39, 0.29) is 0 Å². The van der Waals surface area contributed by atoms with Crippen molar-refractivity contribution >= 4 is 5.82 Å². The van der Waals surface area contributed by atoms with Crippen LogP contribution < -0.4 is 20.7 Å². The molecule has 6 heteroatoms. The molecule has 1 heterocycles. The van der Waals surface area contributed by atoms with Crippen molar-refractivity contribution in [3.8, 4) is 17.4 Å². The Labute approximate surface area is 124 Å². The average Bonchev–Trinajstić information content (AvgIpc) is 2.54. The van der Waals surface area contributed by atoms with Gasteiger partial charge in [0.25, 0.3) is 5.88 Å². The number of aromatic nitrogens is 2. The third-order valence-corrected chi connectivity index (χ3v) is 3.38. The Hall–Kier alpha value is -2.34. The highest BCUT2D eigenvalue weighted by molar-refractivity contribution is 5.55. The molecule has 2 rings (SSSR count). The number of nitrogen functional groups attached to an aromatic ring is 1. The SMILES string of the molecule is CCC(C)c1ccccc1Oc1ncnc(NN)c1OC. The molecular formula is C15H20N4O2. The molecule has 0 saturated heterocycles. The van der Waals surface area contributed by atoms with Crippen molar-refractivity contribution in [3.05, 3.63) is 36.2 Å². The molecule has 1 unspecified atom stereocenters. The van der Waals surface area contributed by atoms with Crippen molar-refractivity contribution in [1.29, 1.82) is 0 Å². The molecular weight excluding hydrogens is 268 g/mol. The summed E-state index contributed by atoms with van der Waals surface area (Å²) in [5.74, 6) is 7.64. The van der Waals surface area contributed by atoms with E-state index in [9.17, 15) is 0 Å². The first-order valence-electron chi connectivity index (χ1n) is 6.83. The summed E-state index contributed by atoms with van der Waals surface area (Å²) in [7, 11) is 1.52. The Bertz CT molecular complexity index is 604. The predicted octanol–water partition coefficient (Wildman–Crippen LogP) is 3.08. The van der Waals surface area contributed by atoms with Crippen LogP contribution in [0.15, 0.2) is 30.6 Å². The highest BCUT2D eigenvalue weighted by Gasteiger charge is 2.16. The zero-order valence-corrected chi connectivity index (χ0v) is 12.5. The van der Waals surface area contributed by atoms with Gasteiger partial charge in [-0.25, -0.2) is 10.8 Å². The number of ether oxygens (including phenoxy) is 2. The highest BCUT2D eigenvalue weighted by atomic mass is 16.5. The molecule has 112 valence electrons. The summed E-state index contributed by atoms with van der Waals surface area (Å²) in [5.41, 5.74) is 3.59. The number of nitrogens with zero attached hydrogens (tertiary/aromatic N) is 2. The molecule has 6 nitrogen and oxygen atoms in total. The van der Waals surface area contributed by atoms with E-state index < -0.39 is 0 Å². The van der Waals surface area contributed by atoms with Crippen LogP contribution in [0.2, 0.25) is 0 Å². The molecule has 1 atom stereocenters. The number of para-hydroxylation sites is 1. The lowest BCUT2D eigenvalue weighted by Gasteiger charge is -2.16. The first-order valence-corrected chi connectivity index (χ1v) is 6.83. The Morgan fingerprint density at radius 2 is 2.05 bits per heavy atom. The lowest BCUT2D eigenvalue weighted by Crippen LogP contribution is -2.11. The molecule has 0 radical (unpaired) electrons. The second-order valence-electron chi connectivity index (χ2n) is 4.65. The van der Waals surface area contributed by atoms with Crippen molar-refractivity contribution in [2.24, 2.45) is 5.84 Å². The molecule has 0 amide bonds. The second kappa shape index (κ2) is 6.90. The molecule has 3 N–H and O–H groups in total. The number of benzene rings is 1. The quantitative estimate of drug-likeness (QED) is 0.628. The van der Waals surface area contributed by atoms with Gasteiger partial charge in [0.1, 0.15) is 12.1 Å². The van der Waals surface area contributed by atoms with Crippen LogP contribution >= 0.6 is 0 Å². The van der Waals surface area contributed by atoms with Gasteiger partial charge in [-0.1, -0.05) is 32.0 Å². The van der Waals surface area contributed by atoms with Gasteiger partial charge in [0.05, 0.1) is 7.11 Å². The molecule has 0 bridgehead atoms. The minimum atomic E-state index is 0.330. The van der Waals surface area contributed by atoms with E-state index in [1.807, 2.05) is 18.2 Å². The minimum absolute atomic E-state index is 0.330. The fourth-order valence-electron chi connectivity index (χ4n) is 2.02. The first kappa shape index (κ1) is 15.1. The van der Waals surface area contributed by atoms with Gasteiger partial charge in [-0.3, -0.25) is 0 Å². The van der Waals surface area contributed by atoms with E-state index in [4.69, 9.17) is 15.3 Å². The van der Waals surface area contributed by atoms with Crippen LogP contribution in [0.3, 0.4) is 0 Å². The monoisotopic (exact) mass is 288 g/mol. The molecule has 2 aromatic rings. The number of hydrogen-bond acceptors (Lipinski definition) is 6. The van der Waals surface area contributed by atoms with E-state index in [1.54, 1.807) is 0 Å². The van der Waals surface area contributed by atoms with E-state index >= 15 is 0 Å². The zero-order valence-electron chi connectivity index (χ0n) is 12.5. The van der Waals surface area contributed by atoms with Gasteiger partial charge in [-0.05, 0) is 24.0 Å². The lowest BCUT2D eigenvalue weighted by molar-refractivity contribution is 0.366. The standard InChI is InChI=1S/C15H20N4O2/c1-4-10(2)11-7-5-6-8-12(11)21-15-13(20-3)14(19-16)17-9-18-15/h5-10H,4,16H2,1-3H3,(H,17,18,19). The fraction of sp³-hybridized carbons (Fsp3) is 0.333. The maximum absolute atomic E-state index is 5.93. The third kappa shape index (κ3) is 3.22. The molecule has 0 saturated carbocycles. The summed E-state index contributed by atoms with van der Waals surface area (Å²) in [5, 5.41) is 0. The number of rotatable bonds is 6. The van der Waals surface area contributed by atoms with Crippen LogP contribution in [0.1, 0.15) is 31.7 Å². The fourth-order valence-corrected chi connectivity index (χ4v) is 2.02. The Morgan fingerprint density at radius 3 is 2.71 bits per heavy atom. The molecule has 1 aromatic carbocycles. The first-order chi connectivity index (χ1) is 10.2. The Morgan fingerprint density at radius 1 is 1.29 bits per heavy atom. The molecule has 21 heavy (non-hydrogen) atoms. The second-order valence-corrected chi connectivity index (χ2v) is 4.65. The van der Waals surface area contributed by atoms with E-state index in [2.05, 4.69) is 35.3 Å². The van der Waals surface area contributed by atoms with Crippen LogP contribution in [-0.4, -0.2) is 17.1 Å². The smallest absolute Gasteiger partial charge is 0.268 e. The predicted molar refractivity (Wildman–Crippen MR) is 81.6 cm³/mol. The summed E-state index contributed by atoms with van der Waals surface area (Å²) in [6, 6.07) is 7.90. The summed E-state index contributed by atoms with van der Waals surface area (Å²) < 4.78 is 11.2. The summed E-state index contributed by atoms with van der Waals surface area (Å²) in [6.07, 6.45) is 2.40. The number of nitrogens with two attached hydrogens (primary N) is 1. The summed E-state index contributed by atoms with van der Waals surface area (Å²) in [4.78, 5) is 8.12. The van der Waals surface area contributed by atoms with E-state index in [0.29, 0.717) is 23.4 Å². The zero-order chi connectivity index (χ0) is 15.2. The summed E-state index contributed by atoms with van der Waals surface area (Å²) >= 11 is 0. The minimum Gasteiger partial charge on any atom is -0.489 e. The number of nitrogens with one attached hydrogen (secondary N) is 1. The van der Waals surface area contributed by atoms with Crippen molar-refractivity contribution < 1.29 is 9.47 Å².